The summed E-state index contributed by atoms with van der Waals surface area (Å²) in [5, 5.41) is 13.8. The van der Waals surface area contributed by atoms with Gasteiger partial charge in [-0.25, -0.2) is 9.59 Å². The molecule has 1 rings (SSSR count). The van der Waals surface area contributed by atoms with Gasteiger partial charge in [-0.05, 0) is 24.7 Å². The van der Waals surface area contributed by atoms with Crippen LogP contribution in [0.3, 0.4) is 0 Å². The topological polar surface area (TPSA) is 122 Å². The number of rotatable bonds is 7. The molecule has 18 heavy (non-hydrogen) atoms. The van der Waals surface area contributed by atoms with Gasteiger partial charge in [-0.3, -0.25) is 4.79 Å². The predicted octanol–water partition coefficient (Wildman–Crippen LogP) is -0.196. The summed E-state index contributed by atoms with van der Waals surface area (Å²) in [6.07, 6.45) is 2.05. The van der Waals surface area contributed by atoms with Gasteiger partial charge in [0.15, 0.2) is 0 Å². The van der Waals surface area contributed by atoms with Crippen molar-refractivity contribution >= 4 is 17.9 Å². The highest BCUT2D eigenvalue weighted by atomic mass is 16.4. The number of hydrogen-bond acceptors (Lipinski definition) is 3. The molecule has 7 nitrogen and oxygen atoms in total. The van der Waals surface area contributed by atoms with Gasteiger partial charge in [0.1, 0.15) is 6.04 Å². The quantitative estimate of drug-likeness (QED) is 0.504. The second kappa shape index (κ2) is 5.70. The van der Waals surface area contributed by atoms with Gasteiger partial charge in [0, 0.05) is 13.0 Å². The summed E-state index contributed by atoms with van der Waals surface area (Å²) in [5.41, 5.74) is 5.09. The molecule has 0 bridgehead atoms. The van der Waals surface area contributed by atoms with Crippen LogP contribution in [0.15, 0.2) is 0 Å². The van der Waals surface area contributed by atoms with Crippen molar-refractivity contribution in [1.29, 1.82) is 0 Å². The van der Waals surface area contributed by atoms with Crippen LogP contribution in [-0.4, -0.2) is 35.6 Å². The number of carbonyl (C=O) groups excluding carboxylic acids is 2. The Kier molecular flexibility index (Phi) is 4.52. The summed E-state index contributed by atoms with van der Waals surface area (Å²) in [6, 6.07) is -1.62. The third kappa shape index (κ3) is 5.03. The molecule has 0 heterocycles. The summed E-state index contributed by atoms with van der Waals surface area (Å²) < 4.78 is 0. The van der Waals surface area contributed by atoms with Crippen molar-refractivity contribution in [3.63, 3.8) is 0 Å². The lowest BCUT2D eigenvalue weighted by Gasteiger charge is -2.16. The summed E-state index contributed by atoms with van der Waals surface area (Å²) in [7, 11) is 0. The van der Waals surface area contributed by atoms with Gasteiger partial charge in [-0.1, -0.05) is 6.92 Å². The zero-order valence-corrected chi connectivity index (χ0v) is 10.4. The first-order valence-corrected chi connectivity index (χ1v) is 5.88. The molecular formula is C11H19N3O4. The second-order valence-electron chi connectivity index (χ2n) is 5.03. The lowest BCUT2D eigenvalue weighted by Crippen LogP contribution is -2.47. The molecule has 0 radical (unpaired) electrons. The van der Waals surface area contributed by atoms with Crippen molar-refractivity contribution in [3.05, 3.63) is 0 Å². The highest BCUT2D eigenvalue weighted by Gasteiger charge is 2.37. The Morgan fingerprint density at radius 3 is 2.44 bits per heavy atom. The molecule has 0 saturated heterocycles. The fourth-order valence-corrected chi connectivity index (χ4v) is 1.44. The maximum absolute atomic E-state index is 11.5. The summed E-state index contributed by atoms with van der Waals surface area (Å²) >= 11 is 0. The monoisotopic (exact) mass is 257 g/mol. The molecule has 0 spiro atoms. The van der Waals surface area contributed by atoms with E-state index in [-0.39, 0.29) is 18.3 Å². The van der Waals surface area contributed by atoms with Crippen LogP contribution in [0.5, 0.6) is 0 Å². The molecule has 7 heteroatoms. The lowest BCUT2D eigenvalue weighted by atomic mass is 10.1. The molecule has 0 aromatic carbocycles. The van der Waals surface area contributed by atoms with Crippen molar-refractivity contribution in [2.75, 3.05) is 6.54 Å². The van der Waals surface area contributed by atoms with E-state index < -0.39 is 23.9 Å². The number of amides is 3. The molecule has 3 amide bonds. The number of nitrogens with two attached hydrogens (primary N) is 1. The molecule has 0 unspecified atom stereocenters. The number of aliphatic carboxylic acids is 1. The van der Waals surface area contributed by atoms with Gasteiger partial charge in [0.05, 0.1) is 0 Å². The van der Waals surface area contributed by atoms with Crippen LogP contribution in [0.4, 0.5) is 4.79 Å². The summed E-state index contributed by atoms with van der Waals surface area (Å²) in [4.78, 5) is 32.9. The highest BCUT2D eigenvalue weighted by Crippen LogP contribution is 2.43. The third-order valence-corrected chi connectivity index (χ3v) is 3.06. The molecule has 0 aromatic heterocycles. The first kappa shape index (κ1) is 14.3. The molecule has 0 aliphatic heterocycles. The van der Waals surface area contributed by atoms with Gasteiger partial charge < -0.3 is 21.5 Å². The third-order valence-electron chi connectivity index (χ3n) is 3.06. The predicted molar refractivity (Wildman–Crippen MR) is 63.7 cm³/mol. The zero-order chi connectivity index (χ0) is 13.8. The Morgan fingerprint density at radius 1 is 1.39 bits per heavy atom. The number of carboxylic acid groups (broad SMARTS) is 1. The van der Waals surface area contributed by atoms with Crippen molar-refractivity contribution in [2.24, 2.45) is 11.1 Å². The minimum Gasteiger partial charge on any atom is -0.480 e. The van der Waals surface area contributed by atoms with Crippen LogP contribution < -0.4 is 16.4 Å². The van der Waals surface area contributed by atoms with Gasteiger partial charge in [-0.15, -0.1) is 0 Å². The van der Waals surface area contributed by atoms with E-state index in [9.17, 15) is 14.4 Å². The fraction of sp³-hybridized carbons (Fsp3) is 0.727. The maximum atomic E-state index is 11.5. The molecular weight excluding hydrogens is 238 g/mol. The smallest absolute Gasteiger partial charge is 0.326 e. The first-order chi connectivity index (χ1) is 8.32. The molecule has 1 atom stereocenters. The average molecular weight is 257 g/mol. The Hall–Kier alpha value is -1.79. The van der Waals surface area contributed by atoms with E-state index in [4.69, 9.17) is 10.8 Å². The average Bonchev–Trinajstić information content (AvgIpc) is 3.00. The van der Waals surface area contributed by atoms with Crippen molar-refractivity contribution in [3.8, 4) is 0 Å². The minimum atomic E-state index is -1.18. The number of carboxylic acids is 1. The molecule has 1 fully saturated rings. The number of urea groups is 1. The number of carbonyl (C=O) groups is 3. The standard InChI is InChI=1S/C11H19N3O4/c1-11(4-5-11)6-13-10(18)14-7(9(16)17)2-3-8(12)15/h7H,2-6H2,1H3,(H2,12,15)(H,16,17)(H2,13,14,18)/t7-/m1/s1. The SMILES string of the molecule is CC1(CNC(=O)N[C@H](CCC(N)=O)C(=O)O)CC1. The van der Waals surface area contributed by atoms with Gasteiger partial charge in [0.2, 0.25) is 5.91 Å². The van der Waals surface area contributed by atoms with Crippen LogP contribution in [0.1, 0.15) is 32.6 Å². The fourth-order valence-electron chi connectivity index (χ4n) is 1.44. The van der Waals surface area contributed by atoms with Crippen LogP contribution >= 0.6 is 0 Å². The van der Waals surface area contributed by atoms with Crippen molar-refractivity contribution in [2.45, 2.75) is 38.6 Å². The van der Waals surface area contributed by atoms with Gasteiger partial charge in [0.25, 0.3) is 0 Å². The van der Waals surface area contributed by atoms with E-state index in [1.165, 1.54) is 0 Å². The molecule has 1 aliphatic rings. The van der Waals surface area contributed by atoms with Crippen molar-refractivity contribution < 1.29 is 19.5 Å². The van der Waals surface area contributed by atoms with E-state index in [0.29, 0.717) is 6.54 Å². The Morgan fingerprint density at radius 2 is 2.00 bits per heavy atom. The first-order valence-electron chi connectivity index (χ1n) is 5.88. The maximum Gasteiger partial charge on any atom is 0.326 e. The lowest BCUT2D eigenvalue weighted by molar-refractivity contribution is -0.139. The van der Waals surface area contributed by atoms with E-state index in [2.05, 4.69) is 17.6 Å². The normalized spacial score (nSPS) is 17.6. The number of nitrogens with one attached hydrogen (secondary N) is 2. The van der Waals surface area contributed by atoms with Crippen molar-refractivity contribution in [1.82, 2.24) is 10.6 Å². The van der Waals surface area contributed by atoms with Crippen LogP contribution in [-0.2, 0) is 9.59 Å². The Balaban J connectivity index is 2.32. The molecule has 0 aromatic rings. The highest BCUT2D eigenvalue weighted by molar-refractivity contribution is 5.83. The van der Waals surface area contributed by atoms with E-state index in [1.54, 1.807) is 0 Å². The summed E-state index contributed by atoms with van der Waals surface area (Å²) in [5.74, 6) is -1.77. The van der Waals surface area contributed by atoms with E-state index >= 15 is 0 Å². The zero-order valence-electron chi connectivity index (χ0n) is 10.4. The van der Waals surface area contributed by atoms with Crippen LogP contribution in [0.2, 0.25) is 0 Å². The van der Waals surface area contributed by atoms with Crippen LogP contribution in [0, 0.1) is 5.41 Å². The molecule has 1 aliphatic carbocycles. The van der Waals surface area contributed by atoms with Gasteiger partial charge in [-0.2, -0.15) is 0 Å². The molecule has 102 valence electrons. The molecule has 1 saturated carbocycles. The summed E-state index contributed by atoms with van der Waals surface area (Å²) in [6.45, 7) is 2.58. The largest absolute Gasteiger partial charge is 0.480 e. The number of hydrogen-bond donors (Lipinski definition) is 4. The van der Waals surface area contributed by atoms with E-state index in [0.717, 1.165) is 12.8 Å². The Labute approximate surface area is 105 Å². The molecule has 5 N–H and O–H groups in total. The van der Waals surface area contributed by atoms with Crippen LogP contribution in [0.25, 0.3) is 0 Å². The number of primary amides is 1. The second-order valence-corrected chi connectivity index (χ2v) is 5.03. The minimum absolute atomic E-state index is 0.00461. The Bertz CT molecular complexity index is 352. The van der Waals surface area contributed by atoms with E-state index in [1.807, 2.05) is 0 Å². The van der Waals surface area contributed by atoms with Gasteiger partial charge >= 0.3 is 12.0 Å².